The van der Waals surface area contributed by atoms with Gasteiger partial charge in [0.05, 0.1) is 22.5 Å². The number of carbonyl (C=O) groups excluding carboxylic acids is 2. The number of carbonyl (C=O) groups is 2. The number of nitrogens with zero attached hydrogens (tertiary/aromatic N) is 1. The van der Waals surface area contributed by atoms with Gasteiger partial charge in [-0.15, -0.1) is 22.7 Å². The molecular weight excluding hydrogens is 444 g/mol. The second-order valence-corrected chi connectivity index (χ2v) is 11.2. The van der Waals surface area contributed by atoms with Crippen molar-refractivity contribution in [1.82, 2.24) is 15.8 Å². The van der Waals surface area contributed by atoms with Gasteiger partial charge in [0.2, 0.25) is 0 Å². The Kier molecular flexibility index (Phi) is 6.25. The average Bonchev–Trinajstić information content (AvgIpc) is 3.37. The molecule has 0 unspecified atom stereocenters. The normalized spacial score (nSPS) is 11.7. The smallest absolute Gasteiger partial charge is 0.278 e. The van der Waals surface area contributed by atoms with E-state index in [9.17, 15) is 18.0 Å². The van der Waals surface area contributed by atoms with Gasteiger partial charge in [0.25, 0.3) is 21.8 Å². The van der Waals surface area contributed by atoms with Crippen molar-refractivity contribution >= 4 is 50.2 Å². The number of hydrogen-bond donors (Lipinski definition) is 3. The highest BCUT2D eigenvalue weighted by atomic mass is 32.2. The van der Waals surface area contributed by atoms with Crippen LogP contribution >= 0.6 is 22.7 Å². The van der Waals surface area contributed by atoms with E-state index in [-0.39, 0.29) is 20.9 Å². The fourth-order valence-electron chi connectivity index (χ4n) is 2.35. The third kappa shape index (κ3) is 5.04. The second-order valence-electron chi connectivity index (χ2n) is 7.27. The van der Waals surface area contributed by atoms with Gasteiger partial charge in [-0.1, -0.05) is 39.0 Å². The molecule has 0 spiro atoms. The molecule has 0 aliphatic rings. The number of thiophene rings is 1. The third-order valence-corrected chi connectivity index (χ3v) is 8.02. The number of thiazole rings is 1. The summed E-state index contributed by atoms with van der Waals surface area (Å²) in [7, 11) is -3.82. The van der Waals surface area contributed by atoms with Crippen LogP contribution in [0.5, 0.6) is 0 Å². The van der Waals surface area contributed by atoms with Gasteiger partial charge in [0.15, 0.2) is 0 Å². The van der Waals surface area contributed by atoms with Crippen molar-refractivity contribution in [3.05, 3.63) is 63.4 Å². The molecule has 158 valence electrons. The monoisotopic (exact) mass is 464 g/mol. The number of rotatable bonds is 5. The largest absolute Gasteiger partial charge is 0.281 e. The first-order chi connectivity index (χ1) is 14.1. The lowest BCUT2D eigenvalue weighted by atomic mass is 9.98. The summed E-state index contributed by atoms with van der Waals surface area (Å²) in [5.41, 5.74) is 4.63. The Hall–Kier alpha value is -2.76. The lowest BCUT2D eigenvalue weighted by Crippen LogP contribution is -2.41. The Morgan fingerprint density at radius 1 is 1.00 bits per heavy atom. The summed E-state index contributed by atoms with van der Waals surface area (Å²) in [4.78, 5) is 29.5. The molecule has 2 heterocycles. The Labute approximate surface area is 182 Å². The van der Waals surface area contributed by atoms with Crippen LogP contribution in [0.4, 0.5) is 5.69 Å². The number of sulfonamides is 1. The van der Waals surface area contributed by atoms with Crippen LogP contribution in [0.3, 0.4) is 0 Å². The summed E-state index contributed by atoms with van der Waals surface area (Å²) in [5.74, 6) is -1.17. The van der Waals surface area contributed by atoms with Gasteiger partial charge < -0.3 is 0 Å². The topological polar surface area (TPSA) is 117 Å². The Morgan fingerprint density at radius 3 is 2.33 bits per heavy atom. The first-order valence-electron chi connectivity index (χ1n) is 8.80. The molecule has 0 saturated carbocycles. The van der Waals surface area contributed by atoms with E-state index in [2.05, 4.69) is 20.6 Å². The molecule has 0 aliphatic heterocycles. The first-order valence-corrected chi connectivity index (χ1v) is 12.0. The third-order valence-electron chi connectivity index (χ3n) is 3.84. The van der Waals surface area contributed by atoms with Gasteiger partial charge in [-0.05, 0) is 23.6 Å². The molecule has 3 N–H and O–H groups in total. The van der Waals surface area contributed by atoms with E-state index in [1.165, 1.54) is 35.7 Å². The minimum absolute atomic E-state index is 0.0672. The Bertz CT molecular complexity index is 1160. The number of amides is 2. The van der Waals surface area contributed by atoms with E-state index < -0.39 is 21.8 Å². The molecule has 1 aromatic carbocycles. The number of hydrazine groups is 1. The molecule has 0 aliphatic carbocycles. The van der Waals surface area contributed by atoms with Gasteiger partial charge in [-0.3, -0.25) is 25.2 Å². The molecule has 3 aromatic rings. The lowest BCUT2D eigenvalue weighted by Gasteiger charge is -2.13. The number of hydrogen-bond acceptors (Lipinski definition) is 7. The zero-order valence-electron chi connectivity index (χ0n) is 16.4. The van der Waals surface area contributed by atoms with Gasteiger partial charge >= 0.3 is 0 Å². The fraction of sp³-hybridized carbons (Fsp3) is 0.211. The van der Waals surface area contributed by atoms with E-state index in [1.807, 2.05) is 20.8 Å². The quantitative estimate of drug-likeness (QED) is 0.501. The van der Waals surface area contributed by atoms with Gasteiger partial charge in [-0.2, -0.15) is 0 Å². The van der Waals surface area contributed by atoms with Crippen LogP contribution in [0.15, 0.2) is 52.2 Å². The highest BCUT2D eigenvalue weighted by Crippen LogP contribution is 2.26. The summed E-state index contributed by atoms with van der Waals surface area (Å²) in [6.45, 7) is 5.97. The van der Waals surface area contributed by atoms with Crippen LogP contribution in [-0.2, 0) is 15.4 Å². The number of benzene rings is 1. The van der Waals surface area contributed by atoms with Crippen molar-refractivity contribution in [3.63, 3.8) is 0 Å². The highest BCUT2D eigenvalue weighted by Gasteiger charge is 2.22. The van der Waals surface area contributed by atoms with Crippen molar-refractivity contribution in [1.29, 1.82) is 0 Å². The number of anilines is 1. The molecule has 0 saturated heterocycles. The number of nitrogens with one attached hydrogen (secondary N) is 3. The maximum atomic E-state index is 12.6. The number of aromatic nitrogens is 1. The predicted molar refractivity (Wildman–Crippen MR) is 117 cm³/mol. The first kappa shape index (κ1) is 21.9. The molecule has 2 amide bonds. The molecule has 0 fully saturated rings. The minimum atomic E-state index is -3.82. The molecule has 11 heteroatoms. The molecule has 2 aromatic heterocycles. The van der Waals surface area contributed by atoms with Crippen LogP contribution in [0, 0.1) is 0 Å². The van der Waals surface area contributed by atoms with Gasteiger partial charge in [0, 0.05) is 5.41 Å². The van der Waals surface area contributed by atoms with Crippen LogP contribution < -0.4 is 15.6 Å². The van der Waals surface area contributed by atoms with Crippen LogP contribution in [0.2, 0.25) is 0 Å². The van der Waals surface area contributed by atoms with Crippen molar-refractivity contribution < 1.29 is 18.0 Å². The molecule has 0 radical (unpaired) electrons. The predicted octanol–water partition coefficient (Wildman–Crippen LogP) is 3.38. The SMILES string of the molecule is CC(C)(C)c1ncc(C(=O)NNC(=O)c2ccccc2NS(=O)(=O)c2cccs2)s1. The average molecular weight is 465 g/mol. The molecule has 0 bridgehead atoms. The zero-order chi connectivity index (χ0) is 21.9. The van der Waals surface area contributed by atoms with Crippen LogP contribution in [0.1, 0.15) is 45.8 Å². The fourth-order valence-corrected chi connectivity index (χ4v) is 5.29. The lowest BCUT2D eigenvalue weighted by molar-refractivity contribution is 0.0849. The van der Waals surface area contributed by atoms with Crippen LogP contribution in [-0.4, -0.2) is 25.2 Å². The van der Waals surface area contributed by atoms with Gasteiger partial charge in [-0.25, -0.2) is 13.4 Å². The number of para-hydroxylation sites is 1. The van der Waals surface area contributed by atoms with Gasteiger partial charge in [0.1, 0.15) is 9.09 Å². The van der Waals surface area contributed by atoms with E-state index in [0.29, 0.717) is 4.88 Å². The summed E-state index contributed by atoms with van der Waals surface area (Å²) in [5, 5.41) is 2.44. The zero-order valence-corrected chi connectivity index (χ0v) is 18.9. The van der Waals surface area contributed by atoms with E-state index in [1.54, 1.807) is 23.6 Å². The van der Waals surface area contributed by atoms with E-state index in [4.69, 9.17) is 0 Å². The Morgan fingerprint density at radius 2 is 1.70 bits per heavy atom. The molecule has 3 rings (SSSR count). The van der Waals surface area contributed by atoms with Crippen molar-refractivity contribution in [3.8, 4) is 0 Å². The van der Waals surface area contributed by atoms with Crippen molar-refractivity contribution in [2.24, 2.45) is 0 Å². The maximum Gasteiger partial charge on any atom is 0.281 e. The maximum absolute atomic E-state index is 12.6. The van der Waals surface area contributed by atoms with Crippen LogP contribution in [0.25, 0.3) is 0 Å². The molecular formula is C19H20N4O4S3. The van der Waals surface area contributed by atoms with Crippen molar-refractivity contribution in [2.45, 2.75) is 30.4 Å². The molecule has 30 heavy (non-hydrogen) atoms. The molecule has 0 atom stereocenters. The molecule has 8 nitrogen and oxygen atoms in total. The van der Waals surface area contributed by atoms with E-state index >= 15 is 0 Å². The summed E-state index contributed by atoms with van der Waals surface area (Å²) in [6, 6.07) is 9.22. The second kappa shape index (κ2) is 8.54. The highest BCUT2D eigenvalue weighted by molar-refractivity contribution is 7.94. The summed E-state index contributed by atoms with van der Waals surface area (Å²) < 4.78 is 27.5. The summed E-state index contributed by atoms with van der Waals surface area (Å²) >= 11 is 2.31. The minimum Gasteiger partial charge on any atom is -0.278 e. The standard InChI is InChI=1S/C19H20N4O4S3/c1-19(2,3)18-20-11-14(29-18)17(25)22-21-16(24)12-7-4-5-8-13(12)23-30(26,27)15-9-6-10-28-15/h4-11,23H,1-3H3,(H,21,24)(H,22,25). The van der Waals surface area contributed by atoms with Crippen molar-refractivity contribution in [2.75, 3.05) is 4.72 Å². The Balaban J connectivity index is 1.70. The van der Waals surface area contributed by atoms with E-state index in [0.717, 1.165) is 16.3 Å². The summed E-state index contributed by atoms with van der Waals surface area (Å²) in [6.07, 6.45) is 1.45.